The zero-order chi connectivity index (χ0) is 14.4. The number of aromatic nitrogens is 1. The minimum atomic E-state index is -0.453. The van der Waals surface area contributed by atoms with Crippen LogP contribution in [0.3, 0.4) is 0 Å². The van der Waals surface area contributed by atoms with Gasteiger partial charge < -0.3 is 4.90 Å². The Bertz CT molecular complexity index is 494. The Hall–Kier alpha value is -2.16. The van der Waals surface area contributed by atoms with E-state index in [-0.39, 0.29) is 5.69 Å². The van der Waals surface area contributed by atoms with Gasteiger partial charge in [-0.05, 0) is 18.4 Å². The Morgan fingerprint density at radius 3 is 2.74 bits per heavy atom. The maximum absolute atomic E-state index is 10.7. The summed E-state index contributed by atoms with van der Waals surface area (Å²) in [5.41, 5.74) is 0.749. The van der Waals surface area contributed by atoms with Gasteiger partial charge in [0.25, 0.3) is 5.69 Å². The molecule has 0 bridgehead atoms. The van der Waals surface area contributed by atoms with E-state index < -0.39 is 4.92 Å². The number of nitrogens with zero attached hydrogens (tertiary/aromatic N) is 4. The molecule has 0 spiro atoms. The first kappa shape index (κ1) is 14.9. The Balaban J connectivity index is 3.01. The van der Waals surface area contributed by atoms with Crippen LogP contribution in [0, 0.1) is 34.3 Å². The van der Waals surface area contributed by atoms with Gasteiger partial charge in [0.05, 0.1) is 17.4 Å². The van der Waals surface area contributed by atoms with E-state index in [0.717, 1.165) is 17.9 Å². The summed E-state index contributed by atoms with van der Waals surface area (Å²) in [6.45, 7) is 7.32. The summed E-state index contributed by atoms with van der Waals surface area (Å²) in [6.07, 6.45) is 1.67. The first-order chi connectivity index (χ1) is 8.95. The van der Waals surface area contributed by atoms with E-state index >= 15 is 0 Å². The largest absolute Gasteiger partial charge is 0.355 e. The Kier molecular flexibility index (Phi) is 5.24. The SMILES string of the molecule is Cc1cc([N+](=O)[O-])cnc1N(CCC#N)CC(C)C. The molecule has 0 aliphatic heterocycles. The lowest BCUT2D eigenvalue weighted by molar-refractivity contribution is -0.385. The minimum absolute atomic E-state index is 0.00831. The number of rotatable bonds is 6. The summed E-state index contributed by atoms with van der Waals surface area (Å²) in [4.78, 5) is 16.4. The number of pyridine rings is 1. The molecule has 1 aromatic rings. The van der Waals surface area contributed by atoms with Crippen molar-refractivity contribution in [3.05, 3.63) is 27.9 Å². The molecule has 0 unspecified atom stereocenters. The Morgan fingerprint density at radius 2 is 2.26 bits per heavy atom. The van der Waals surface area contributed by atoms with Gasteiger partial charge in [0, 0.05) is 19.2 Å². The van der Waals surface area contributed by atoms with Crippen molar-refractivity contribution in [2.24, 2.45) is 5.92 Å². The van der Waals surface area contributed by atoms with E-state index in [2.05, 4.69) is 24.9 Å². The molecule has 1 rings (SSSR count). The van der Waals surface area contributed by atoms with E-state index in [1.807, 2.05) is 4.90 Å². The Labute approximate surface area is 112 Å². The fourth-order valence-electron chi connectivity index (χ4n) is 1.89. The molecule has 0 aliphatic rings. The Morgan fingerprint density at radius 1 is 1.58 bits per heavy atom. The van der Waals surface area contributed by atoms with Gasteiger partial charge in [0.15, 0.2) is 0 Å². The van der Waals surface area contributed by atoms with Gasteiger partial charge in [-0.2, -0.15) is 5.26 Å². The second kappa shape index (κ2) is 6.69. The van der Waals surface area contributed by atoms with Crippen molar-refractivity contribution in [2.75, 3.05) is 18.0 Å². The first-order valence-electron chi connectivity index (χ1n) is 6.18. The van der Waals surface area contributed by atoms with Crippen molar-refractivity contribution in [1.29, 1.82) is 5.26 Å². The maximum atomic E-state index is 10.7. The van der Waals surface area contributed by atoms with Crippen LogP contribution >= 0.6 is 0 Å². The number of nitriles is 1. The topological polar surface area (TPSA) is 83.1 Å². The van der Waals surface area contributed by atoms with Crippen molar-refractivity contribution in [1.82, 2.24) is 4.98 Å². The van der Waals surface area contributed by atoms with Crippen LogP contribution in [0.4, 0.5) is 11.5 Å². The summed E-state index contributed by atoms with van der Waals surface area (Å²) >= 11 is 0. The van der Waals surface area contributed by atoms with E-state index in [0.29, 0.717) is 18.9 Å². The highest BCUT2D eigenvalue weighted by Crippen LogP contribution is 2.22. The van der Waals surface area contributed by atoms with Gasteiger partial charge in [0.2, 0.25) is 0 Å². The number of hydrogen-bond acceptors (Lipinski definition) is 5. The monoisotopic (exact) mass is 262 g/mol. The van der Waals surface area contributed by atoms with Gasteiger partial charge in [-0.25, -0.2) is 4.98 Å². The average Bonchev–Trinajstić information content (AvgIpc) is 2.34. The first-order valence-corrected chi connectivity index (χ1v) is 6.18. The fraction of sp³-hybridized carbons (Fsp3) is 0.538. The third-order valence-electron chi connectivity index (χ3n) is 2.63. The smallest absolute Gasteiger partial charge is 0.287 e. The molecule has 0 saturated heterocycles. The highest BCUT2D eigenvalue weighted by molar-refractivity contribution is 5.50. The van der Waals surface area contributed by atoms with Crippen LogP contribution in [0.15, 0.2) is 12.3 Å². The summed E-state index contributed by atoms with van der Waals surface area (Å²) in [5, 5.41) is 19.4. The predicted octanol–water partition coefficient (Wildman–Crippen LogP) is 2.67. The van der Waals surface area contributed by atoms with Crippen LogP contribution in [0.2, 0.25) is 0 Å². The van der Waals surface area contributed by atoms with Crippen molar-refractivity contribution in [3.8, 4) is 6.07 Å². The van der Waals surface area contributed by atoms with Crippen molar-refractivity contribution in [3.63, 3.8) is 0 Å². The molecule has 1 aromatic heterocycles. The molecule has 0 atom stereocenters. The van der Waals surface area contributed by atoms with E-state index in [9.17, 15) is 10.1 Å². The number of aryl methyl sites for hydroxylation is 1. The zero-order valence-electron chi connectivity index (χ0n) is 11.5. The molecule has 0 radical (unpaired) electrons. The van der Waals surface area contributed by atoms with Gasteiger partial charge in [-0.1, -0.05) is 13.8 Å². The quantitative estimate of drug-likeness (QED) is 0.581. The lowest BCUT2D eigenvalue weighted by Gasteiger charge is -2.25. The van der Waals surface area contributed by atoms with Crippen LogP contribution in [0.5, 0.6) is 0 Å². The molecular weight excluding hydrogens is 244 g/mol. The second-order valence-corrected chi connectivity index (χ2v) is 4.84. The summed E-state index contributed by atoms with van der Waals surface area (Å²) in [7, 11) is 0. The highest BCUT2D eigenvalue weighted by atomic mass is 16.6. The van der Waals surface area contributed by atoms with Crippen LogP contribution in [-0.4, -0.2) is 23.0 Å². The molecule has 19 heavy (non-hydrogen) atoms. The molecule has 6 heteroatoms. The third-order valence-corrected chi connectivity index (χ3v) is 2.63. The van der Waals surface area contributed by atoms with Crippen LogP contribution in [0.1, 0.15) is 25.8 Å². The van der Waals surface area contributed by atoms with Crippen molar-refractivity contribution in [2.45, 2.75) is 27.2 Å². The molecule has 0 aromatic carbocycles. The van der Waals surface area contributed by atoms with Gasteiger partial charge in [0.1, 0.15) is 12.0 Å². The van der Waals surface area contributed by atoms with Crippen molar-refractivity contribution >= 4 is 11.5 Å². The average molecular weight is 262 g/mol. The second-order valence-electron chi connectivity index (χ2n) is 4.84. The molecule has 0 N–H and O–H groups in total. The predicted molar refractivity (Wildman–Crippen MR) is 72.9 cm³/mol. The molecule has 0 saturated carbocycles. The summed E-state index contributed by atoms with van der Waals surface area (Å²) < 4.78 is 0. The van der Waals surface area contributed by atoms with Crippen LogP contribution in [-0.2, 0) is 0 Å². The number of nitro groups is 1. The highest BCUT2D eigenvalue weighted by Gasteiger charge is 2.15. The maximum Gasteiger partial charge on any atom is 0.287 e. The van der Waals surface area contributed by atoms with Crippen LogP contribution < -0.4 is 4.90 Å². The van der Waals surface area contributed by atoms with E-state index in [4.69, 9.17) is 5.26 Å². The standard InChI is InChI=1S/C13H18N4O2/c1-10(2)9-16(6-4-5-14)13-11(3)7-12(8-15-13)17(18)19/h7-8,10H,4,6,9H2,1-3H3. The summed E-state index contributed by atoms with van der Waals surface area (Å²) in [6, 6.07) is 3.63. The molecular formula is C13H18N4O2. The fourth-order valence-corrected chi connectivity index (χ4v) is 1.89. The normalized spacial score (nSPS) is 10.3. The molecule has 6 nitrogen and oxygen atoms in total. The number of anilines is 1. The van der Waals surface area contributed by atoms with E-state index in [1.165, 1.54) is 12.3 Å². The zero-order valence-corrected chi connectivity index (χ0v) is 11.5. The van der Waals surface area contributed by atoms with Gasteiger partial charge >= 0.3 is 0 Å². The molecule has 1 heterocycles. The van der Waals surface area contributed by atoms with Gasteiger partial charge in [-0.15, -0.1) is 0 Å². The molecule has 0 fully saturated rings. The molecule has 0 amide bonds. The molecule has 0 aliphatic carbocycles. The van der Waals surface area contributed by atoms with E-state index in [1.54, 1.807) is 6.92 Å². The third kappa shape index (κ3) is 4.21. The number of hydrogen-bond donors (Lipinski definition) is 0. The lowest BCUT2D eigenvalue weighted by atomic mass is 10.1. The minimum Gasteiger partial charge on any atom is -0.355 e. The molecule has 102 valence electrons. The lowest BCUT2D eigenvalue weighted by Crippen LogP contribution is -2.30. The summed E-state index contributed by atoms with van der Waals surface area (Å²) in [5.74, 6) is 1.14. The van der Waals surface area contributed by atoms with Crippen LogP contribution in [0.25, 0.3) is 0 Å². The van der Waals surface area contributed by atoms with Gasteiger partial charge in [-0.3, -0.25) is 10.1 Å². The van der Waals surface area contributed by atoms with Crippen molar-refractivity contribution < 1.29 is 4.92 Å².